The zero-order valence-electron chi connectivity index (χ0n) is 11.7. The van der Waals surface area contributed by atoms with E-state index in [2.05, 4.69) is 0 Å². The number of benzene rings is 1. The van der Waals surface area contributed by atoms with Gasteiger partial charge in [-0.1, -0.05) is 6.07 Å². The lowest BCUT2D eigenvalue weighted by molar-refractivity contribution is -0.153. The highest BCUT2D eigenvalue weighted by atomic mass is 19.1. The quantitative estimate of drug-likeness (QED) is 0.930. The minimum absolute atomic E-state index is 0.0667. The summed E-state index contributed by atoms with van der Waals surface area (Å²) in [6.07, 6.45) is 0.655. The highest BCUT2D eigenvalue weighted by molar-refractivity contribution is 5.81. The average Bonchev–Trinajstić information content (AvgIpc) is 2.43. The van der Waals surface area contributed by atoms with Crippen LogP contribution < -0.4 is 0 Å². The van der Waals surface area contributed by atoms with Crippen LogP contribution in [0.15, 0.2) is 18.2 Å². The molecule has 0 aromatic heterocycles. The largest absolute Gasteiger partial charge is 0.481 e. The van der Waals surface area contributed by atoms with E-state index in [1.165, 1.54) is 11.0 Å². The first-order chi connectivity index (χ1) is 9.83. The third-order valence-electron chi connectivity index (χ3n) is 3.96. The molecule has 1 aromatic carbocycles. The van der Waals surface area contributed by atoms with E-state index >= 15 is 0 Å². The van der Waals surface area contributed by atoms with Crippen molar-refractivity contribution in [1.82, 2.24) is 4.90 Å². The summed E-state index contributed by atoms with van der Waals surface area (Å²) in [6, 6.07) is 3.44. The van der Waals surface area contributed by atoms with Crippen molar-refractivity contribution in [2.45, 2.75) is 26.2 Å². The van der Waals surface area contributed by atoms with E-state index in [4.69, 9.17) is 0 Å². The van der Waals surface area contributed by atoms with Crippen LogP contribution in [-0.4, -0.2) is 35.0 Å². The minimum Gasteiger partial charge on any atom is -0.481 e. The number of carbonyl (C=O) groups excluding carboxylic acids is 1. The Morgan fingerprint density at radius 1 is 1.33 bits per heavy atom. The van der Waals surface area contributed by atoms with Crippen molar-refractivity contribution < 1.29 is 23.5 Å². The summed E-state index contributed by atoms with van der Waals surface area (Å²) in [4.78, 5) is 24.8. The van der Waals surface area contributed by atoms with Crippen LogP contribution in [0.3, 0.4) is 0 Å². The maximum Gasteiger partial charge on any atom is 0.311 e. The summed E-state index contributed by atoms with van der Waals surface area (Å²) in [5.74, 6) is -2.94. The van der Waals surface area contributed by atoms with E-state index in [1.54, 1.807) is 6.92 Å². The summed E-state index contributed by atoms with van der Waals surface area (Å²) in [5, 5.41) is 9.22. The van der Waals surface area contributed by atoms with Crippen LogP contribution in [0, 0.1) is 17.0 Å². The van der Waals surface area contributed by atoms with Crippen LogP contribution in [0.5, 0.6) is 0 Å². The predicted molar refractivity (Wildman–Crippen MR) is 71.6 cm³/mol. The first-order valence-corrected chi connectivity index (χ1v) is 6.77. The van der Waals surface area contributed by atoms with Gasteiger partial charge in [0.2, 0.25) is 5.91 Å². The number of piperidine rings is 1. The summed E-state index contributed by atoms with van der Waals surface area (Å²) in [5.41, 5.74) is -1.27. The van der Waals surface area contributed by atoms with Gasteiger partial charge in [0.05, 0.1) is 11.8 Å². The van der Waals surface area contributed by atoms with Crippen molar-refractivity contribution >= 4 is 11.9 Å². The molecule has 1 amide bonds. The van der Waals surface area contributed by atoms with Crippen LogP contribution in [0.25, 0.3) is 0 Å². The molecule has 21 heavy (non-hydrogen) atoms. The molecule has 1 aromatic rings. The van der Waals surface area contributed by atoms with Crippen LogP contribution >= 0.6 is 0 Å². The number of halogens is 2. The summed E-state index contributed by atoms with van der Waals surface area (Å²) < 4.78 is 27.1. The van der Waals surface area contributed by atoms with E-state index in [9.17, 15) is 23.5 Å². The number of likely N-dealkylation sites (tertiary alicyclic amines) is 1. The normalized spacial score (nSPS) is 22.1. The van der Waals surface area contributed by atoms with Crippen LogP contribution in [0.1, 0.15) is 25.3 Å². The minimum atomic E-state index is -0.998. The molecule has 1 aliphatic heterocycles. The van der Waals surface area contributed by atoms with Crippen LogP contribution in [0.2, 0.25) is 0 Å². The Morgan fingerprint density at radius 3 is 2.52 bits per heavy atom. The van der Waals surface area contributed by atoms with Gasteiger partial charge in [0.25, 0.3) is 0 Å². The molecule has 0 aliphatic carbocycles. The van der Waals surface area contributed by atoms with Crippen molar-refractivity contribution in [3.05, 3.63) is 35.4 Å². The standard InChI is InChI=1S/C15H17F2NO3/c1-15(14(20)21)6-3-7-18(9-15)13(19)8-10-11(16)4-2-5-12(10)17/h2,4-5H,3,6-9H2,1H3,(H,20,21). The predicted octanol–water partition coefficient (Wildman–Crippen LogP) is 2.22. The van der Waals surface area contributed by atoms with E-state index in [0.29, 0.717) is 19.4 Å². The van der Waals surface area contributed by atoms with Crippen LogP contribution in [-0.2, 0) is 16.0 Å². The van der Waals surface area contributed by atoms with E-state index < -0.39 is 35.3 Å². The molecule has 114 valence electrons. The zero-order chi connectivity index (χ0) is 15.6. The SMILES string of the molecule is CC1(C(=O)O)CCCN(C(=O)Cc2c(F)cccc2F)C1. The topological polar surface area (TPSA) is 57.6 Å². The van der Waals surface area contributed by atoms with Gasteiger partial charge in [-0.25, -0.2) is 8.78 Å². The Labute approximate surface area is 121 Å². The van der Waals surface area contributed by atoms with Gasteiger partial charge >= 0.3 is 5.97 Å². The third kappa shape index (κ3) is 3.20. The molecule has 6 heteroatoms. The van der Waals surface area contributed by atoms with E-state index in [-0.39, 0.29) is 12.1 Å². The molecule has 1 saturated heterocycles. The molecular formula is C15H17F2NO3. The van der Waals surface area contributed by atoms with Gasteiger partial charge in [-0.3, -0.25) is 9.59 Å². The number of carboxylic acid groups (broad SMARTS) is 1. The zero-order valence-corrected chi connectivity index (χ0v) is 11.7. The number of nitrogens with zero attached hydrogens (tertiary/aromatic N) is 1. The average molecular weight is 297 g/mol. The van der Waals surface area contributed by atoms with Crippen LogP contribution in [0.4, 0.5) is 8.78 Å². The summed E-state index contributed by atoms with van der Waals surface area (Å²) >= 11 is 0. The lowest BCUT2D eigenvalue weighted by Gasteiger charge is -2.37. The fourth-order valence-corrected chi connectivity index (χ4v) is 2.59. The second kappa shape index (κ2) is 5.79. The number of hydrogen-bond donors (Lipinski definition) is 1. The number of aliphatic carboxylic acids is 1. The monoisotopic (exact) mass is 297 g/mol. The first kappa shape index (κ1) is 15.4. The lowest BCUT2D eigenvalue weighted by Crippen LogP contribution is -2.48. The maximum absolute atomic E-state index is 13.6. The second-order valence-corrected chi connectivity index (χ2v) is 5.66. The van der Waals surface area contributed by atoms with Gasteiger partial charge < -0.3 is 10.0 Å². The number of carbonyl (C=O) groups is 2. The van der Waals surface area contributed by atoms with Gasteiger partial charge in [0.15, 0.2) is 0 Å². The Hall–Kier alpha value is -1.98. The molecule has 1 aliphatic rings. The maximum atomic E-state index is 13.6. The fraction of sp³-hybridized carbons (Fsp3) is 0.467. The number of rotatable bonds is 3. The van der Waals surface area contributed by atoms with Gasteiger partial charge in [-0.05, 0) is 31.9 Å². The number of hydrogen-bond acceptors (Lipinski definition) is 2. The summed E-state index contributed by atoms with van der Waals surface area (Å²) in [6.45, 7) is 2.06. The summed E-state index contributed by atoms with van der Waals surface area (Å²) in [7, 11) is 0. The molecule has 0 radical (unpaired) electrons. The molecule has 1 fully saturated rings. The molecular weight excluding hydrogens is 280 g/mol. The highest BCUT2D eigenvalue weighted by Gasteiger charge is 2.39. The molecule has 0 bridgehead atoms. The van der Waals surface area contributed by atoms with Crippen molar-refractivity contribution in [2.24, 2.45) is 5.41 Å². The van der Waals surface area contributed by atoms with Gasteiger partial charge in [-0.15, -0.1) is 0 Å². The molecule has 0 saturated carbocycles. The van der Waals surface area contributed by atoms with Crippen molar-refractivity contribution in [3.63, 3.8) is 0 Å². The van der Waals surface area contributed by atoms with E-state index in [1.807, 2.05) is 0 Å². The Morgan fingerprint density at radius 2 is 1.95 bits per heavy atom. The smallest absolute Gasteiger partial charge is 0.311 e. The van der Waals surface area contributed by atoms with Gasteiger partial charge in [0.1, 0.15) is 11.6 Å². The van der Waals surface area contributed by atoms with Crippen molar-refractivity contribution in [3.8, 4) is 0 Å². The molecule has 4 nitrogen and oxygen atoms in total. The molecule has 1 unspecified atom stereocenters. The molecule has 1 N–H and O–H groups in total. The Balaban J connectivity index is 2.12. The van der Waals surface area contributed by atoms with Gasteiger partial charge in [-0.2, -0.15) is 0 Å². The van der Waals surface area contributed by atoms with E-state index in [0.717, 1.165) is 12.1 Å². The van der Waals surface area contributed by atoms with Gasteiger partial charge in [0, 0.05) is 18.7 Å². The Kier molecular flexibility index (Phi) is 4.25. The van der Waals surface area contributed by atoms with Crippen molar-refractivity contribution in [2.75, 3.05) is 13.1 Å². The molecule has 0 spiro atoms. The first-order valence-electron chi connectivity index (χ1n) is 6.77. The molecule has 2 rings (SSSR count). The third-order valence-corrected chi connectivity index (χ3v) is 3.96. The number of amides is 1. The highest BCUT2D eigenvalue weighted by Crippen LogP contribution is 2.30. The lowest BCUT2D eigenvalue weighted by atomic mass is 9.82. The second-order valence-electron chi connectivity index (χ2n) is 5.66. The fourth-order valence-electron chi connectivity index (χ4n) is 2.59. The molecule has 1 heterocycles. The Bertz CT molecular complexity index is 556. The van der Waals surface area contributed by atoms with Crippen molar-refractivity contribution in [1.29, 1.82) is 0 Å². The number of carboxylic acids is 1. The molecule has 1 atom stereocenters.